The van der Waals surface area contributed by atoms with Crippen molar-refractivity contribution >= 4 is 35.8 Å². The van der Waals surface area contributed by atoms with Crippen molar-refractivity contribution in [1.82, 2.24) is 29.9 Å². The summed E-state index contributed by atoms with van der Waals surface area (Å²) in [5, 5.41) is 7.48. The van der Waals surface area contributed by atoms with Crippen molar-refractivity contribution in [2.75, 3.05) is 40.3 Å². The third kappa shape index (κ3) is 6.41. The lowest BCUT2D eigenvalue weighted by atomic mass is 10.0. The number of guanidine groups is 1. The number of nitrogens with zero attached hydrogens (tertiary/aromatic N) is 6. The molecule has 1 saturated heterocycles. The number of halogens is 1. The zero-order valence-corrected chi connectivity index (χ0v) is 19.6. The molecule has 1 N–H and O–H groups in total. The fraction of sp³-hybridized carbons (Fsp3) is 0.500. The Labute approximate surface area is 189 Å². The van der Waals surface area contributed by atoms with E-state index in [1.54, 1.807) is 18.1 Å². The van der Waals surface area contributed by atoms with Crippen LogP contribution >= 0.6 is 24.0 Å². The Kier molecular flexibility index (Phi) is 8.87. The molecule has 2 aromatic heterocycles. The fourth-order valence-electron chi connectivity index (χ4n) is 3.45. The molecule has 0 aliphatic carbocycles. The summed E-state index contributed by atoms with van der Waals surface area (Å²) < 4.78 is 1.84. The summed E-state index contributed by atoms with van der Waals surface area (Å²) in [5.41, 5.74) is 2.25. The predicted octanol–water partition coefficient (Wildman–Crippen LogP) is 1.50. The smallest absolute Gasteiger partial charge is 0.241 e. The van der Waals surface area contributed by atoms with E-state index in [2.05, 4.69) is 31.5 Å². The summed E-state index contributed by atoms with van der Waals surface area (Å²) in [5.74, 6) is 1.27. The number of carbonyl (C=O) groups excluding carboxylic acids is 1. The summed E-state index contributed by atoms with van der Waals surface area (Å²) >= 11 is 0. The first kappa shape index (κ1) is 23.1. The van der Waals surface area contributed by atoms with Gasteiger partial charge in [0.2, 0.25) is 5.91 Å². The highest BCUT2D eigenvalue weighted by Crippen LogP contribution is 2.26. The molecule has 3 heterocycles. The van der Waals surface area contributed by atoms with E-state index in [9.17, 15) is 4.79 Å². The van der Waals surface area contributed by atoms with Crippen molar-refractivity contribution in [1.29, 1.82) is 0 Å². The fourth-order valence-corrected chi connectivity index (χ4v) is 3.45. The molecule has 0 radical (unpaired) electrons. The van der Waals surface area contributed by atoms with Crippen LogP contribution in [0.2, 0.25) is 0 Å². The Balaban J connectivity index is 0.00000300. The number of carbonyl (C=O) groups is 1. The molecule has 1 atom stereocenters. The Bertz CT molecular complexity index is 808. The lowest BCUT2D eigenvalue weighted by Crippen LogP contribution is -2.45. The van der Waals surface area contributed by atoms with Crippen LogP contribution in [-0.4, -0.2) is 76.7 Å². The number of aryl methyl sites for hydroxylation is 1. The van der Waals surface area contributed by atoms with Gasteiger partial charge in [0.15, 0.2) is 5.96 Å². The summed E-state index contributed by atoms with van der Waals surface area (Å²) in [6.07, 6.45) is 7.59. The lowest BCUT2D eigenvalue weighted by Gasteiger charge is -2.23. The normalized spacial score (nSPS) is 16.4. The Morgan fingerprint density at radius 3 is 2.90 bits per heavy atom. The highest BCUT2D eigenvalue weighted by Gasteiger charge is 2.27. The second kappa shape index (κ2) is 11.1. The van der Waals surface area contributed by atoms with Gasteiger partial charge in [0, 0.05) is 71.2 Å². The maximum absolute atomic E-state index is 12.4. The van der Waals surface area contributed by atoms with Crippen LogP contribution in [0.15, 0.2) is 41.8 Å². The third-order valence-electron chi connectivity index (χ3n) is 5.15. The predicted molar refractivity (Wildman–Crippen MR) is 124 cm³/mol. The van der Waals surface area contributed by atoms with Crippen molar-refractivity contribution in [3.8, 4) is 0 Å². The van der Waals surface area contributed by atoms with Gasteiger partial charge in [-0.25, -0.2) is 0 Å². The molecule has 3 rings (SSSR count). The van der Waals surface area contributed by atoms with Crippen molar-refractivity contribution in [2.24, 2.45) is 12.0 Å². The average molecular weight is 511 g/mol. The highest BCUT2D eigenvalue weighted by atomic mass is 127. The maximum Gasteiger partial charge on any atom is 0.241 e. The monoisotopic (exact) mass is 511 g/mol. The maximum atomic E-state index is 12.4. The van der Waals surface area contributed by atoms with Crippen LogP contribution < -0.4 is 5.32 Å². The SMILES string of the molecule is CN=C(NCC(=O)N(C)CCc1ccccn1)N1CCC(c2cnn(C)c2)C1.I. The number of amides is 1. The Morgan fingerprint density at radius 1 is 1.41 bits per heavy atom. The number of pyridine rings is 1. The minimum atomic E-state index is 0. The standard InChI is InChI=1S/C20H29N7O.HI/c1-21-20(27-11-7-16(15-27)17-12-24-26(3)14-17)23-13-19(28)25(2)10-8-18-6-4-5-9-22-18;/h4-6,9,12,14,16H,7-8,10-11,13,15H2,1-3H3,(H,21,23);1H. The first-order valence-electron chi connectivity index (χ1n) is 9.65. The molecule has 29 heavy (non-hydrogen) atoms. The van der Waals surface area contributed by atoms with E-state index in [4.69, 9.17) is 0 Å². The molecule has 1 amide bonds. The first-order chi connectivity index (χ1) is 13.6. The topological polar surface area (TPSA) is 78.7 Å². The van der Waals surface area contributed by atoms with Gasteiger partial charge >= 0.3 is 0 Å². The highest BCUT2D eigenvalue weighted by molar-refractivity contribution is 14.0. The molecule has 0 saturated carbocycles. The van der Waals surface area contributed by atoms with Gasteiger partial charge in [-0.1, -0.05) is 6.07 Å². The van der Waals surface area contributed by atoms with Crippen LogP contribution in [0.5, 0.6) is 0 Å². The van der Waals surface area contributed by atoms with Gasteiger partial charge < -0.3 is 15.1 Å². The van der Waals surface area contributed by atoms with E-state index in [1.165, 1.54) is 5.56 Å². The largest absolute Gasteiger partial charge is 0.347 e. The molecular weight excluding hydrogens is 481 g/mol. The van der Waals surface area contributed by atoms with Gasteiger partial charge in [-0.05, 0) is 24.1 Å². The Morgan fingerprint density at radius 2 is 2.24 bits per heavy atom. The van der Waals surface area contributed by atoms with Crippen LogP contribution in [0, 0.1) is 0 Å². The van der Waals surface area contributed by atoms with Crippen molar-refractivity contribution in [3.05, 3.63) is 48.0 Å². The number of hydrogen-bond donors (Lipinski definition) is 1. The van der Waals surface area contributed by atoms with Gasteiger partial charge in [-0.3, -0.25) is 19.5 Å². The quantitative estimate of drug-likeness (QED) is 0.362. The van der Waals surface area contributed by atoms with E-state index in [0.29, 0.717) is 12.5 Å². The number of nitrogens with one attached hydrogen (secondary N) is 1. The molecule has 1 fully saturated rings. The molecule has 1 aliphatic rings. The van der Waals surface area contributed by atoms with Gasteiger partial charge in [-0.2, -0.15) is 5.10 Å². The van der Waals surface area contributed by atoms with Crippen LogP contribution in [-0.2, 0) is 18.3 Å². The molecule has 1 unspecified atom stereocenters. The van der Waals surface area contributed by atoms with Crippen LogP contribution in [0.3, 0.4) is 0 Å². The van der Waals surface area contributed by atoms with Crippen molar-refractivity contribution in [2.45, 2.75) is 18.8 Å². The molecule has 2 aromatic rings. The molecule has 0 spiro atoms. The van der Waals surface area contributed by atoms with E-state index in [-0.39, 0.29) is 36.4 Å². The second-order valence-electron chi connectivity index (χ2n) is 7.17. The van der Waals surface area contributed by atoms with Crippen LogP contribution in [0.25, 0.3) is 0 Å². The Hall–Kier alpha value is -2.17. The number of hydrogen-bond acceptors (Lipinski definition) is 4. The number of aromatic nitrogens is 3. The van der Waals surface area contributed by atoms with Crippen molar-refractivity contribution < 1.29 is 4.79 Å². The average Bonchev–Trinajstić information content (AvgIpc) is 3.36. The molecule has 0 bridgehead atoms. The van der Waals surface area contributed by atoms with E-state index < -0.39 is 0 Å². The molecule has 158 valence electrons. The minimum absolute atomic E-state index is 0. The molecule has 1 aliphatic heterocycles. The number of aliphatic imine (C=N–C) groups is 1. The van der Waals surface area contributed by atoms with E-state index >= 15 is 0 Å². The summed E-state index contributed by atoms with van der Waals surface area (Å²) in [7, 11) is 5.52. The zero-order chi connectivity index (χ0) is 19.9. The molecule has 8 nitrogen and oxygen atoms in total. The number of likely N-dealkylation sites (tertiary alicyclic amines) is 1. The lowest BCUT2D eigenvalue weighted by molar-refractivity contribution is -0.128. The summed E-state index contributed by atoms with van der Waals surface area (Å²) in [4.78, 5) is 25.0. The minimum Gasteiger partial charge on any atom is -0.347 e. The summed E-state index contributed by atoms with van der Waals surface area (Å²) in [6.45, 7) is 2.68. The van der Waals surface area contributed by atoms with E-state index in [0.717, 1.165) is 37.6 Å². The third-order valence-corrected chi connectivity index (χ3v) is 5.15. The summed E-state index contributed by atoms with van der Waals surface area (Å²) in [6, 6.07) is 5.83. The van der Waals surface area contributed by atoms with Crippen molar-refractivity contribution in [3.63, 3.8) is 0 Å². The van der Waals surface area contributed by atoms with Gasteiger partial charge in [0.1, 0.15) is 0 Å². The second-order valence-corrected chi connectivity index (χ2v) is 7.17. The van der Waals surface area contributed by atoms with Crippen LogP contribution in [0.4, 0.5) is 0 Å². The number of rotatable bonds is 6. The molecular formula is C20H30IN7O. The van der Waals surface area contributed by atoms with Gasteiger partial charge in [0.25, 0.3) is 0 Å². The number of likely N-dealkylation sites (N-methyl/N-ethyl adjacent to an activating group) is 1. The molecule has 0 aromatic carbocycles. The van der Waals surface area contributed by atoms with Gasteiger partial charge in [0.05, 0.1) is 12.7 Å². The zero-order valence-electron chi connectivity index (χ0n) is 17.3. The van der Waals surface area contributed by atoms with Crippen LogP contribution in [0.1, 0.15) is 23.6 Å². The first-order valence-corrected chi connectivity index (χ1v) is 9.65. The van der Waals surface area contributed by atoms with Gasteiger partial charge in [-0.15, -0.1) is 24.0 Å². The molecule has 9 heteroatoms. The van der Waals surface area contributed by atoms with E-state index in [1.807, 2.05) is 43.2 Å².